The second-order valence-corrected chi connectivity index (χ2v) is 8.98. The summed E-state index contributed by atoms with van der Waals surface area (Å²) >= 11 is 0. The lowest BCUT2D eigenvalue weighted by molar-refractivity contribution is -0.140. The number of anilines is 1. The van der Waals surface area contributed by atoms with Crippen LogP contribution in [0, 0.1) is 17.8 Å². The molecule has 9 nitrogen and oxygen atoms in total. The lowest BCUT2D eigenvalue weighted by Gasteiger charge is -2.30. The van der Waals surface area contributed by atoms with Crippen LogP contribution in [0.25, 0.3) is 0 Å². The van der Waals surface area contributed by atoms with Gasteiger partial charge in [0.2, 0.25) is 11.9 Å². The summed E-state index contributed by atoms with van der Waals surface area (Å²) in [6.45, 7) is 0.369. The van der Waals surface area contributed by atoms with E-state index in [1.54, 1.807) is 19.2 Å². The van der Waals surface area contributed by atoms with E-state index in [0.717, 1.165) is 10.2 Å². The number of halogens is 1. The zero-order valence-electron chi connectivity index (χ0n) is 19.6. The Hall–Kier alpha value is -4.07. The minimum Gasteiger partial charge on any atom is -0.373 e. The van der Waals surface area contributed by atoms with Crippen molar-refractivity contribution in [2.75, 3.05) is 25.2 Å². The number of nitrogens with one attached hydrogen (secondary N) is 1. The van der Waals surface area contributed by atoms with E-state index in [1.165, 1.54) is 23.4 Å². The fourth-order valence-electron chi connectivity index (χ4n) is 4.17. The van der Waals surface area contributed by atoms with Gasteiger partial charge in [0.15, 0.2) is 5.60 Å². The number of hydrogen-bond donors (Lipinski definition) is 2. The zero-order chi connectivity index (χ0) is 25.3. The van der Waals surface area contributed by atoms with E-state index in [-0.39, 0.29) is 19.1 Å². The van der Waals surface area contributed by atoms with E-state index in [9.17, 15) is 19.1 Å². The van der Waals surface area contributed by atoms with Gasteiger partial charge in [-0.1, -0.05) is 24.0 Å². The highest BCUT2D eigenvalue weighted by atomic mass is 19.1. The van der Waals surface area contributed by atoms with Gasteiger partial charge in [0.25, 0.3) is 0 Å². The normalized spacial score (nSPS) is 18.4. The van der Waals surface area contributed by atoms with E-state index in [4.69, 9.17) is 4.74 Å². The summed E-state index contributed by atoms with van der Waals surface area (Å²) in [6.07, 6.45) is 4.37. The third kappa shape index (κ3) is 4.98. The van der Waals surface area contributed by atoms with Gasteiger partial charge in [0.1, 0.15) is 6.04 Å². The minimum absolute atomic E-state index is 0.185. The van der Waals surface area contributed by atoms with Gasteiger partial charge in [-0.25, -0.2) is 9.78 Å². The molecule has 1 saturated heterocycles. The van der Waals surface area contributed by atoms with Crippen molar-refractivity contribution in [1.29, 1.82) is 0 Å². The summed E-state index contributed by atoms with van der Waals surface area (Å²) in [4.78, 5) is 31.3. The van der Waals surface area contributed by atoms with Crippen molar-refractivity contribution >= 4 is 17.6 Å². The number of fused-ring (bicyclic) bond motifs is 1. The third-order valence-corrected chi connectivity index (χ3v) is 6.20. The number of ether oxygens (including phenoxy) is 1. The molecule has 2 aliphatic rings. The molecule has 0 radical (unpaired) electrons. The topological polar surface area (TPSA) is 110 Å². The molecule has 0 spiro atoms. The van der Waals surface area contributed by atoms with Crippen LogP contribution in [0.5, 0.6) is 0 Å². The summed E-state index contributed by atoms with van der Waals surface area (Å²) in [6, 6.07) is 8.83. The maximum absolute atomic E-state index is 13.3. The Morgan fingerprint density at radius 3 is 2.92 bits per heavy atom. The number of amides is 2. The summed E-state index contributed by atoms with van der Waals surface area (Å²) in [5, 5.41) is 17.0. The zero-order valence-corrected chi connectivity index (χ0v) is 19.6. The number of carbonyl (C=O) groups is 2. The van der Waals surface area contributed by atoms with Crippen LogP contribution in [0.1, 0.15) is 28.8 Å². The lowest BCUT2D eigenvalue weighted by atomic mass is 10.0. The number of pyridine rings is 1. The van der Waals surface area contributed by atoms with Crippen molar-refractivity contribution in [3.8, 4) is 11.8 Å². The second-order valence-electron chi connectivity index (χ2n) is 8.98. The fourth-order valence-corrected chi connectivity index (χ4v) is 4.17. The molecule has 2 amide bonds. The van der Waals surface area contributed by atoms with Crippen LogP contribution in [0.2, 0.25) is 0 Å². The predicted octanol–water partition coefficient (Wildman–Crippen LogP) is 1.66. The number of hydrogen-bond acceptors (Lipinski definition) is 6. The SMILES string of the molecule is CN1C(=O)[C@@H](NC(=O)n2cc(Cc3cccc(F)n3)cn2)CCc2ccc(C#CC3(O)COC3)cc21. The second kappa shape index (κ2) is 9.53. The Labute approximate surface area is 206 Å². The van der Waals surface area contributed by atoms with Gasteiger partial charge in [-0.3, -0.25) is 4.79 Å². The molecule has 2 aromatic heterocycles. The van der Waals surface area contributed by atoms with Crippen LogP contribution in [0.3, 0.4) is 0 Å². The summed E-state index contributed by atoms with van der Waals surface area (Å²) in [5.41, 5.74) is 2.43. The molecule has 184 valence electrons. The average molecular weight is 490 g/mol. The van der Waals surface area contributed by atoms with Crippen LogP contribution in [0.4, 0.5) is 14.9 Å². The first-order chi connectivity index (χ1) is 17.3. The molecule has 0 aliphatic carbocycles. The molecule has 0 saturated carbocycles. The number of nitrogens with zero attached hydrogens (tertiary/aromatic N) is 4. The Balaban J connectivity index is 1.26. The van der Waals surface area contributed by atoms with Crippen LogP contribution < -0.4 is 10.2 Å². The van der Waals surface area contributed by atoms with E-state index in [2.05, 4.69) is 27.2 Å². The first-order valence-corrected chi connectivity index (χ1v) is 11.5. The molecule has 10 heteroatoms. The maximum atomic E-state index is 13.3. The van der Waals surface area contributed by atoms with Gasteiger partial charge >= 0.3 is 6.03 Å². The highest BCUT2D eigenvalue weighted by Gasteiger charge is 2.34. The number of benzene rings is 1. The smallest absolute Gasteiger partial charge is 0.342 e. The molecular formula is C26H24FN5O4. The molecule has 3 aromatic rings. The van der Waals surface area contributed by atoms with Gasteiger partial charge in [0.05, 0.1) is 19.4 Å². The van der Waals surface area contributed by atoms with Crippen molar-refractivity contribution in [3.05, 3.63) is 77.1 Å². The van der Waals surface area contributed by atoms with Crippen molar-refractivity contribution in [1.82, 2.24) is 20.1 Å². The molecule has 1 aromatic carbocycles. The van der Waals surface area contributed by atoms with Gasteiger partial charge in [-0.05, 0) is 48.2 Å². The molecule has 4 heterocycles. The Kier molecular flexibility index (Phi) is 6.26. The lowest BCUT2D eigenvalue weighted by Crippen LogP contribution is -2.48. The van der Waals surface area contributed by atoms with Crippen LogP contribution >= 0.6 is 0 Å². The molecule has 1 atom stereocenters. The van der Waals surface area contributed by atoms with E-state index in [0.29, 0.717) is 41.8 Å². The minimum atomic E-state index is -1.12. The Bertz CT molecular complexity index is 1390. The Morgan fingerprint density at radius 2 is 2.17 bits per heavy atom. The number of rotatable bonds is 3. The molecule has 0 unspecified atom stereocenters. The Morgan fingerprint density at radius 1 is 1.33 bits per heavy atom. The number of aryl methyl sites for hydroxylation is 1. The first-order valence-electron chi connectivity index (χ1n) is 11.5. The quantitative estimate of drug-likeness (QED) is 0.428. The largest absolute Gasteiger partial charge is 0.373 e. The third-order valence-electron chi connectivity index (χ3n) is 6.20. The van der Waals surface area contributed by atoms with Gasteiger partial charge in [-0.15, -0.1) is 0 Å². The molecule has 1 fully saturated rings. The number of aliphatic hydroxyl groups is 1. The molecule has 36 heavy (non-hydrogen) atoms. The standard InChI is InChI=1S/C26H24FN5O4/c1-31-22-12-17(9-10-26(35)15-36-16-26)5-6-19(22)7-8-21(24(31)33)30-25(34)32-14-18(13-28-32)11-20-3-2-4-23(27)29-20/h2-6,12-14,21,35H,7-8,11,15-16H2,1H3,(H,30,34)/t21-/m0/s1. The van der Waals surface area contributed by atoms with Crippen molar-refractivity contribution in [2.24, 2.45) is 0 Å². The summed E-state index contributed by atoms with van der Waals surface area (Å²) in [5.74, 6) is 4.95. The van der Waals surface area contributed by atoms with Crippen LogP contribution in [0.15, 0.2) is 48.8 Å². The summed E-state index contributed by atoms with van der Waals surface area (Å²) in [7, 11) is 1.66. The van der Waals surface area contributed by atoms with Crippen molar-refractivity contribution in [2.45, 2.75) is 30.9 Å². The van der Waals surface area contributed by atoms with Gasteiger partial charge in [-0.2, -0.15) is 14.2 Å². The molecule has 0 bridgehead atoms. The van der Waals surface area contributed by atoms with E-state index < -0.39 is 23.6 Å². The molecule has 2 aliphatic heterocycles. The van der Waals surface area contributed by atoms with E-state index in [1.807, 2.05) is 18.2 Å². The fraction of sp³-hybridized carbons (Fsp3) is 0.308. The highest BCUT2D eigenvalue weighted by Crippen LogP contribution is 2.27. The number of aromatic nitrogens is 3. The average Bonchev–Trinajstić information content (AvgIpc) is 3.28. The first kappa shape index (κ1) is 23.7. The van der Waals surface area contributed by atoms with Crippen LogP contribution in [-0.4, -0.2) is 63.7 Å². The van der Waals surface area contributed by atoms with Crippen molar-refractivity contribution in [3.63, 3.8) is 0 Å². The van der Waals surface area contributed by atoms with Gasteiger partial charge in [0, 0.05) is 36.6 Å². The molecular weight excluding hydrogens is 465 g/mol. The number of likely N-dealkylation sites (N-methyl/N-ethyl adjacent to an activating group) is 1. The summed E-state index contributed by atoms with van der Waals surface area (Å²) < 4.78 is 19.5. The van der Waals surface area contributed by atoms with Crippen molar-refractivity contribution < 1.29 is 23.8 Å². The highest BCUT2D eigenvalue weighted by molar-refractivity contribution is 6.00. The van der Waals surface area contributed by atoms with Crippen LogP contribution in [-0.2, 0) is 22.4 Å². The van der Waals surface area contributed by atoms with E-state index >= 15 is 0 Å². The monoisotopic (exact) mass is 489 g/mol. The number of carbonyl (C=O) groups excluding carboxylic acids is 2. The molecule has 2 N–H and O–H groups in total. The maximum Gasteiger partial charge on any atom is 0.342 e. The molecule has 5 rings (SSSR count). The van der Waals surface area contributed by atoms with Gasteiger partial charge < -0.3 is 20.1 Å². The predicted molar refractivity (Wildman–Crippen MR) is 128 cm³/mol.